The fourth-order valence-corrected chi connectivity index (χ4v) is 1.81. The Hall–Kier alpha value is -2.99. The van der Waals surface area contributed by atoms with Gasteiger partial charge in [-0.2, -0.15) is 35.1 Å². The van der Waals surface area contributed by atoms with Crippen LogP contribution in [0.1, 0.15) is 81.1 Å². The first-order chi connectivity index (χ1) is 17.6. The van der Waals surface area contributed by atoms with Gasteiger partial charge in [0.25, 0.3) is 11.9 Å². The third-order valence-corrected chi connectivity index (χ3v) is 4.68. The summed E-state index contributed by atoms with van der Waals surface area (Å²) < 4.78 is 98.5. The lowest BCUT2D eigenvalue weighted by molar-refractivity contribution is -0.149. The Morgan fingerprint density at radius 2 is 1.10 bits per heavy atom. The number of ether oxygens (including phenoxy) is 2. The van der Waals surface area contributed by atoms with E-state index in [0.717, 1.165) is 18.3 Å². The maximum absolute atomic E-state index is 11.6. The quantitative estimate of drug-likeness (QED) is 0.0985. The molecule has 0 saturated heterocycles. The second kappa shape index (κ2) is 22.9. The lowest BCUT2D eigenvalue weighted by atomic mass is 10.1. The molecule has 0 saturated carbocycles. The number of alkyl halides is 3. The van der Waals surface area contributed by atoms with Crippen LogP contribution in [0, 0.1) is 0 Å². The van der Waals surface area contributed by atoms with Gasteiger partial charge in [-0.3, -0.25) is 4.79 Å². The number of rotatable bonds is 7. The summed E-state index contributed by atoms with van der Waals surface area (Å²) in [6.07, 6.45) is -5.77. The molecule has 0 N–H and O–H groups in total. The van der Waals surface area contributed by atoms with Crippen LogP contribution in [0.4, 0.5) is 35.1 Å². The molecule has 0 amide bonds. The molecule has 0 heterocycles. The summed E-state index contributed by atoms with van der Waals surface area (Å²) in [5.74, 6) is -5.72. The molecule has 0 aliphatic heterocycles. The zero-order valence-corrected chi connectivity index (χ0v) is 23.9. The molecular weight excluding hydrogens is 544 g/mol. The van der Waals surface area contributed by atoms with Crippen molar-refractivity contribution in [2.24, 2.45) is 0 Å². The van der Waals surface area contributed by atoms with Crippen LogP contribution in [0.3, 0.4) is 0 Å². The van der Waals surface area contributed by atoms with Crippen molar-refractivity contribution in [3.05, 3.63) is 45.9 Å². The number of esters is 2. The van der Waals surface area contributed by atoms with E-state index in [0.29, 0.717) is 7.11 Å². The van der Waals surface area contributed by atoms with Gasteiger partial charge in [-0.05, 0) is 66.9 Å². The summed E-state index contributed by atoms with van der Waals surface area (Å²) in [5.41, 5.74) is 2.50. The number of methoxy groups -OCH3 is 2. The van der Waals surface area contributed by atoms with E-state index in [1.807, 2.05) is 20.8 Å². The molecule has 0 unspecified atom stereocenters. The number of unbranched alkanes of at least 4 members (excludes halogenated alkanes) is 2. The van der Waals surface area contributed by atoms with Crippen molar-refractivity contribution in [3.8, 4) is 0 Å². The monoisotopic (exact) mass is 582 g/mol. The number of allylic oxidation sites excluding steroid dienone is 4. The molecule has 0 aromatic rings. The molecule has 0 radical (unpaired) electrons. The highest BCUT2D eigenvalue weighted by Crippen LogP contribution is 2.30. The standard InChI is InChI=1S/C10H20.C7H12O.C5H3F5O2.C4H3F3O2/c1-5-6-7-8-10(4)9(2)3;1-5(2)6(3)7(4)8;1-12-4(11)2(3(6)7)5(8,9)10;1-9-4(8)2(5)3(6)7/h5-8H2,1-4H3;1-4H3;1H3;1H3. The third-order valence-electron chi connectivity index (χ3n) is 4.68. The molecule has 228 valence electrons. The van der Waals surface area contributed by atoms with Crippen molar-refractivity contribution in [3.63, 3.8) is 0 Å². The van der Waals surface area contributed by atoms with Crippen LogP contribution in [0.15, 0.2) is 45.9 Å². The average Bonchev–Trinajstić information content (AvgIpc) is 2.82. The molecule has 0 aromatic carbocycles. The van der Waals surface area contributed by atoms with E-state index in [4.69, 9.17) is 0 Å². The lowest BCUT2D eigenvalue weighted by Crippen LogP contribution is -2.22. The topological polar surface area (TPSA) is 69.7 Å². The molecular formula is C26H38F8O5. The Kier molecular flexibility index (Phi) is 25.3. The van der Waals surface area contributed by atoms with Crippen molar-refractivity contribution in [1.29, 1.82) is 0 Å². The lowest BCUT2D eigenvalue weighted by Gasteiger charge is -2.06. The van der Waals surface area contributed by atoms with Crippen LogP contribution in [0.2, 0.25) is 0 Å². The number of carbonyl (C=O) groups excluding carboxylic acids is 3. The minimum atomic E-state index is -5.38. The maximum Gasteiger partial charge on any atom is 0.428 e. The summed E-state index contributed by atoms with van der Waals surface area (Å²) in [7, 11) is 1.39. The Morgan fingerprint density at radius 3 is 1.26 bits per heavy atom. The summed E-state index contributed by atoms with van der Waals surface area (Å²) in [4.78, 5) is 30.5. The van der Waals surface area contributed by atoms with Gasteiger partial charge in [0.2, 0.25) is 5.57 Å². The highest BCUT2D eigenvalue weighted by atomic mass is 19.4. The summed E-state index contributed by atoms with van der Waals surface area (Å²) in [6.45, 7) is 16.2. The number of ketones is 1. The zero-order valence-electron chi connectivity index (χ0n) is 23.9. The van der Waals surface area contributed by atoms with Gasteiger partial charge in [-0.15, -0.1) is 0 Å². The number of hydrogen-bond donors (Lipinski definition) is 0. The van der Waals surface area contributed by atoms with Gasteiger partial charge in [-0.1, -0.05) is 36.5 Å². The van der Waals surface area contributed by atoms with Crippen LogP contribution in [0.5, 0.6) is 0 Å². The van der Waals surface area contributed by atoms with Crippen molar-refractivity contribution in [1.82, 2.24) is 0 Å². The predicted octanol–water partition coefficient (Wildman–Crippen LogP) is 8.96. The van der Waals surface area contributed by atoms with Crippen molar-refractivity contribution in [2.75, 3.05) is 14.2 Å². The first kappa shape index (κ1) is 43.1. The van der Waals surface area contributed by atoms with Gasteiger partial charge in [0.15, 0.2) is 5.78 Å². The largest absolute Gasteiger partial charge is 0.465 e. The minimum Gasteiger partial charge on any atom is -0.465 e. The van der Waals surface area contributed by atoms with E-state index >= 15 is 0 Å². The van der Waals surface area contributed by atoms with E-state index in [-0.39, 0.29) is 5.78 Å². The van der Waals surface area contributed by atoms with Crippen LogP contribution in [-0.2, 0) is 23.9 Å². The molecule has 5 nitrogen and oxygen atoms in total. The molecule has 0 spiro atoms. The van der Waals surface area contributed by atoms with Gasteiger partial charge < -0.3 is 9.47 Å². The van der Waals surface area contributed by atoms with Crippen molar-refractivity contribution >= 4 is 17.7 Å². The number of Topliss-reactive ketones (excluding diaryl/α,β-unsaturated/α-hetero) is 1. The van der Waals surface area contributed by atoms with Crippen LogP contribution in [-0.4, -0.2) is 38.1 Å². The fraction of sp³-hybridized carbons (Fsp3) is 0.577. The Morgan fingerprint density at radius 1 is 0.667 bits per heavy atom. The molecule has 0 aromatic heterocycles. The Balaban J connectivity index is -0.000000212. The Bertz CT molecular complexity index is 898. The first-order valence-electron chi connectivity index (χ1n) is 11.4. The fourth-order valence-electron chi connectivity index (χ4n) is 1.81. The number of halogens is 8. The van der Waals surface area contributed by atoms with Gasteiger partial charge in [0.1, 0.15) is 0 Å². The highest BCUT2D eigenvalue weighted by Gasteiger charge is 2.43. The second-order valence-electron chi connectivity index (χ2n) is 8.11. The molecule has 0 aliphatic carbocycles. The van der Waals surface area contributed by atoms with Crippen LogP contribution in [0.25, 0.3) is 0 Å². The van der Waals surface area contributed by atoms with E-state index in [9.17, 15) is 49.5 Å². The smallest absolute Gasteiger partial charge is 0.428 e. The van der Waals surface area contributed by atoms with Gasteiger partial charge in [-0.25, -0.2) is 9.59 Å². The third kappa shape index (κ3) is 23.8. The normalized spacial score (nSPS) is 9.49. The highest BCUT2D eigenvalue weighted by molar-refractivity contribution is 5.93. The molecule has 0 fully saturated rings. The minimum absolute atomic E-state index is 0.171. The second-order valence-corrected chi connectivity index (χ2v) is 8.11. The molecule has 39 heavy (non-hydrogen) atoms. The molecule has 0 bridgehead atoms. The SMILES string of the molecule is CC(=O)C(C)=C(C)C.CCCCCC(C)=C(C)C.COC(=O)C(=C(F)F)C(F)(F)F.COC(=O)C(F)=C(F)F. The molecule has 13 heteroatoms. The van der Waals surface area contributed by atoms with E-state index in [1.54, 1.807) is 12.5 Å². The van der Waals surface area contributed by atoms with E-state index in [2.05, 4.69) is 37.2 Å². The van der Waals surface area contributed by atoms with Crippen LogP contribution < -0.4 is 0 Å². The maximum atomic E-state index is 11.6. The number of carbonyl (C=O) groups is 3. The molecule has 0 aliphatic rings. The number of hydrogen-bond acceptors (Lipinski definition) is 5. The van der Waals surface area contributed by atoms with Gasteiger partial charge in [0, 0.05) is 0 Å². The average molecular weight is 583 g/mol. The van der Waals surface area contributed by atoms with Crippen LogP contribution >= 0.6 is 0 Å². The predicted molar refractivity (Wildman–Crippen MR) is 133 cm³/mol. The van der Waals surface area contributed by atoms with E-state index < -0.39 is 41.7 Å². The van der Waals surface area contributed by atoms with E-state index in [1.165, 1.54) is 31.3 Å². The van der Waals surface area contributed by atoms with Crippen molar-refractivity contribution < 1.29 is 59.0 Å². The molecule has 0 rings (SSSR count). The van der Waals surface area contributed by atoms with Gasteiger partial charge >= 0.3 is 24.2 Å². The first-order valence-corrected chi connectivity index (χ1v) is 11.4. The summed E-state index contributed by atoms with van der Waals surface area (Å²) in [5, 5.41) is 0. The summed E-state index contributed by atoms with van der Waals surface area (Å²) in [6, 6.07) is 0. The summed E-state index contributed by atoms with van der Waals surface area (Å²) >= 11 is 0. The Labute approximate surface area is 224 Å². The van der Waals surface area contributed by atoms with Crippen molar-refractivity contribution in [2.45, 2.75) is 87.2 Å². The van der Waals surface area contributed by atoms with Gasteiger partial charge in [0.05, 0.1) is 14.2 Å². The molecule has 0 atom stereocenters. The zero-order chi connectivity index (χ0) is 32.1.